The molecule has 0 aromatic heterocycles. The van der Waals surface area contributed by atoms with Crippen LogP contribution in [-0.2, 0) is 0 Å². The predicted molar refractivity (Wildman–Crippen MR) is 124 cm³/mol. The lowest BCUT2D eigenvalue weighted by Crippen LogP contribution is -2.48. The third-order valence-corrected chi connectivity index (χ3v) is 5.08. The number of benzene rings is 1. The van der Waals surface area contributed by atoms with Gasteiger partial charge in [0, 0.05) is 37.9 Å². The minimum atomic E-state index is -0.166. The molecular formula is C19H32FIN4S. The first-order valence-corrected chi connectivity index (χ1v) is 10.7. The number of guanidine groups is 1. The van der Waals surface area contributed by atoms with Crippen molar-refractivity contribution in [2.24, 2.45) is 4.99 Å². The monoisotopic (exact) mass is 494 g/mol. The van der Waals surface area contributed by atoms with E-state index in [0.29, 0.717) is 6.04 Å². The molecule has 4 nitrogen and oxygen atoms in total. The molecule has 7 heteroatoms. The minimum Gasteiger partial charge on any atom is -0.371 e. The Labute approximate surface area is 178 Å². The van der Waals surface area contributed by atoms with Gasteiger partial charge in [-0.25, -0.2) is 4.39 Å². The Hall–Kier alpha value is -0.700. The van der Waals surface area contributed by atoms with E-state index in [1.807, 2.05) is 17.8 Å². The molecule has 2 rings (SSSR count). The molecule has 0 atom stereocenters. The number of hydrogen-bond donors (Lipinski definition) is 2. The second-order valence-electron chi connectivity index (χ2n) is 6.35. The minimum absolute atomic E-state index is 0. The van der Waals surface area contributed by atoms with Crippen molar-refractivity contribution in [3.8, 4) is 0 Å². The Morgan fingerprint density at radius 3 is 2.73 bits per heavy atom. The molecule has 148 valence electrons. The number of piperidine rings is 1. The number of aliphatic imine (C=N–C) groups is 1. The normalized spacial score (nSPS) is 15.5. The molecule has 26 heavy (non-hydrogen) atoms. The second-order valence-corrected chi connectivity index (χ2v) is 7.33. The van der Waals surface area contributed by atoms with Crippen LogP contribution in [-0.4, -0.2) is 50.2 Å². The molecule has 1 aromatic rings. The molecule has 0 spiro atoms. The van der Waals surface area contributed by atoms with Gasteiger partial charge < -0.3 is 15.5 Å². The number of nitrogens with one attached hydrogen (secondary N) is 2. The molecule has 0 amide bonds. The number of halogens is 2. The number of rotatable bonds is 8. The van der Waals surface area contributed by atoms with E-state index in [9.17, 15) is 4.39 Å². The lowest BCUT2D eigenvalue weighted by atomic mass is 10.0. The zero-order valence-corrected chi connectivity index (χ0v) is 19.0. The van der Waals surface area contributed by atoms with Crippen molar-refractivity contribution in [3.63, 3.8) is 0 Å². The van der Waals surface area contributed by atoms with Gasteiger partial charge in [0.15, 0.2) is 5.96 Å². The fourth-order valence-corrected chi connectivity index (χ4v) is 3.51. The highest BCUT2D eigenvalue weighted by Crippen LogP contribution is 2.20. The number of hydrogen-bond acceptors (Lipinski definition) is 3. The van der Waals surface area contributed by atoms with Crippen molar-refractivity contribution in [2.45, 2.75) is 38.6 Å². The van der Waals surface area contributed by atoms with Crippen LogP contribution in [0.5, 0.6) is 0 Å². The summed E-state index contributed by atoms with van der Waals surface area (Å²) in [6, 6.07) is 7.30. The quantitative estimate of drug-likeness (QED) is 0.247. The van der Waals surface area contributed by atoms with E-state index >= 15 is 0 Å². The summed E-state index contributed by atoms with van der Waals surface area (Å²) in [4.78, 5) is 6.95. The number of thioether (sulfide) groups is 1. The Morgan fingerprint density at radius 1 is 1.31 bits per heavy atom. The number of anilines is 1. The average molecular weight is 494 g/mol. The summed E-state index contributed by atoms with van der Waals surface area (Å²) in [5.74, 6) is 1.97. The Bertz CT molecular complexity index is 536. The highest BCUT2D eigenvalue weighted by molar-refractivity contribution is 14.0. The Morgan fingerprint density at radius 2 is 2.08 bits per heavy atom. The summed E-state index contributed by atoms with van der Waals surface area (Å²) in [6.45, 7) is 5.72. The largest absolute Gasteiger partial charge is 0.371 e. The highest BCUT2D eigenvalue weighted by Gasteiger charge is 2.20. The van der Waals surface area contributed by atoms with E-state index in [-0.39, 0.29) is 29.8 Å². The smallest absolute Gasteiger partial charge is 0.191 e. The van der Waals surface area contributed by atoms with Gasteiger partial charge in [-0.05, 0) is 62.8 Å². The van der Waals surface area contributed by atoms with Crippen LogP contribution in [0.15, 0.2) is 29.3 Å². The molecule has 1 aliphatic rings. The lowest BCUT2D eigenvalue weighted by Gasteiger charge is -2.34. The zero-order valence-electron chi connectivity index (χ0n) is 15.8. The summed E-state index contributed by atoms with van der Waals surface area (Å²) in [5.41, 5.74) is 0.979. The fraction of sp³-hybridized carbons (Fsp3) is 0.632. The molecule has 0 aliphatic carbocycles. The molecular weight excluding hydrogens is 462 g/mol. The molecule has 1 saturated heterocycles. The summed E-state index contributed by atoms with van der Waals surface area (Å²) < 4.78 is 13.4. The van der Waals surface area contributed by atoms with Gasteiger partial charge >= 0.3 is 0 Å². The van der Waals surface area contributed by atoms with Crippen molar-refractivity contribution in [1.29, 1.82) is 0 Å². The van der Waals surface area contributed by atoms with E-state index < -0.39 is 0 Å². The molecule has 0 unspecified atom stereocenters. The van der Waals surface area contributed by atoms with Gasteiger partial charge in [-0.2, -0.15) is 11.8 Å². The van der Waals surface area contributed by atoms with Crippen molar-refractivity contribution in [3.05, 3.63) is 30.1 Å². The summed E-state index contributed by atoms with van der Waals surface area (Å²) in [6.07, 6.45) is 6.57. The van der Waals surface area contributed by atoms with Gasteiger partial charge in [0.05, 0.1) is 0 Å². The second kappa shape index (κ2) is 13.5. The molecule has 1 fully saturated rings. The molecule has 2 N–H and O–H groups in total. The molecule has 1 aliphatic heterocycles. The maximum absolute atomic E-state index is 13.4. The SMILES string of the molecule is CCNC(=NCCCCSC)NC1CCN(c2cccc(F)c2)CC1.I. The van der Waals surface area contributed by atoms with Crippen molar-refractivity contribution >= 4 is 47.4 Å². The van der Waals surface area contributed by atoms with Crippen LogP contribution in [0.1, 0.15) is 32.6 Å². The first kappa shape index (κ1) is 23.3. The molecule has 1 heterocycles. The molecule has 0 saturated carbocycles. The molecule has 0 radical (unpaired) electrons. The molecule has 1 aromatic carbocycles. The molecule has 0 bridgehead atoms. The van der Waals surface area contributed by atoms with Crippen LogP contribution in [0.25, 0.3) is 0 Å². The van der Waals surface area contributed by atoms with Crippen molar-refractivity contribution in [1.82, 2.24) is 10.6 Å². The van der Waals surface area contributed by atoms with Crippen LogP contribution >= 0.6 is 35.7 Å². The number of unbranched alkanes of at least 4 members (excludes halogenated alkanes) is 1. The van der Waals surface area contributed by atoms with Crippen LogP contribution in [0.4, 0.5) is 10.1 Å². The van der Waals surface area contributed by atoms with E-state index in [2.05, 4.69) is 28.7 Å². The third-order valence-electron chi connectivity index (χ3n) is 4.38. The Kier molecular flexibility index (Phi) is 12.1. The van der Waals surface area contributed by atoms with Crippen LogP contribution in [0, 0.1) is 5.82 Å². The van der Waals surface area contributed by atoms with Gasteiger partial charge in [-0.1, -0.05) is 6.07 Å². The number of nitrogens with zero attached hydrogens (tertiary/aromatic N) is 2. The van der Waals surface area contributed by atoms with Gasteiger partial charge in [0.1, 0.15) is 5.82 Å². The zero-order chi connectivity index (χ0) is 17.9. The van der Waals surface area contributed by atoms with Gasteiger partial charge in [0.25, 0.3) is 0 Å². The van der Waals surface area contributed by atoms with E-state index in [0.717, 1.165) is 57.1 Å². The first-order chi connectivity index (χ1) is 12.2. The van der Waals surface area contributed by atoms with Crippen LogP contribution in [0.2, 0.25) is 0 Å². The predicted octanol–water partition coefficient (Wildman–Crippen LogP) is 4.11. The average Bonchev–Trinajstić information content (AvgIpc) is 2.62. The highest BCUT2D eigenvalue weighted by atomic mass is 127. The van der Waals surface area contributed by atoms with E-state index in [1.54, 1.807) is 12.1 Å². The van der Waals surface area contributed by atoms with Crippen LogP contribution < -0.4 is 15.5 Å². The van der Waals surface area contributed by atoms with Gasteiger partial charge in [-0.3, -0.25) is 4.99 Å². The maximum atomic E-state index is 13.4. The van der Waals surface area contributed by atoms with Crippen molar-refractivity contribution in [2.75, 3.05) is 43.1 Å². The van der Waals surface area contributed by atoms with Gasteiger partial charge in [-0.15, -0.1) is 24.0 Å². The lowest BCUT2D eigenvalue weighted by molar-refractivity contribution is 0.461. The summed E-state index contributed by atoms with van der Waals surface area (Å²) in [5, 5.41) is 6.91. The van der Waals surface area contributed by atoms with E-state index in [4.69, 9.17) is 4.99 Å². The van der Waals surface area contributed by atoms with Gasteiger partial charge in [0.2, 0.25) is 0 Å². The van der Waals surface area contributed by atoms with Crippen molar-refractivity contribution < 1.29 is 4.39 Å². The van der Waals surface area contributed by atoms with Crippen LogP contribution in [0.3, 0.4) is 0 Å². The first-order valence-electron chi connectivity index (χ1n) is 9.27. The summed E-state index contributed by atoms with van der Waals surface area (Å²) >= 11 is 1.89. The maximum Gasteiger partial charge on any atom is 0.191 e. The standard InChI is InChI=1S/C19H31FN4S.HI/c1-3-21-19(22-11-4-5-14-25-2)23-17-9-12-24(13-10-17)18-8-6-7-16(20)15-18;/h6-8,15,17H,3-5,9-14H2,1-2H3,(H2,21,22,23);1H. The third kappa shape index (κ3) is 8.33. The Balaban J connectivity index is 0.00000338. The topological polar surface area (TPSA) is 39.7 Å². The fourth-order valence-electron chi connectivity index (χ4n) is 3.02. The van der Waals surface area contributed by atoms with E-state index in [1.165, 1.54) is 18.2 Å². The summed E-state index contributed by atoms with van der Waals surface area (Å²) in [7, 11) is 0.